The predicted molar refractivity (Wildman–Crippen MR) is 123 cm³/mol. The summed E-state index contributed by atoms with van der Waals surface area (Å²) in [6.45, 7) is 1.98. The van der Waals surface area contributed by atoms with Crippen LogP contribution in [-0.4, -0.2) is 64.8 Å². The number of amides is 2. The highest BCUT2D eigenvalue weighted by Crippen LogP contribution is 2.40. The molecule has 2 atom stereocenters. The van der Waals surface area contributed by atoms with Gasteiger partial charge >= 0.3 is 0 Å². The summed E-state index contributed by atoms with van der Waals surface area (Å²) in [7, 11) is 0. The average molecular weight is 460 g/mol. The summed E-state index contributed by atoms with van der Waals surface area (Å²) in [4.78, 5) is 30.2. The van der Waals surface area contributed by atoms with E-state index in [-0.39, 0.29) is 31.3 Å². The summed E-state index contributed by atoms with van der Waals surface area (Å²) in [5, 5.41) is 1.12. The summed E-state index contributed by atoms with van der Waals surface area (Å²) in [6, 6.07) is 13.7. The van der Waals surface area contributed by atoms with E-state index in [1.165, 1.54) is 0 Å². The molecular weight excluding hydrogens is 434 g/mol. The number of fused-ring (bicyclic) bond motifs is 5. The Labute approximate surface area is 196 Å². The highest BCUT2D eigenvalue weighted by Gasteiger charge is 2.44. The van der Waals surface area contributed by atoms with Crippen molar-refractivity contribution in [2.75, 3.05) is 26.5 Å². The van der Waals surface area contributed by atoms with E-state index in [1.54, 1.807) is 9.80 Å². The van der Waals surface area contributed by atoms with E-state index < -0.39 is 6.04 Å². The standard InChI is InChI=1S/C26H25N3O5/c30-25-14-27(12-17-4-3-9-32-17)26(31)21-11-19-18-5-1-2-6-20(18)29(22(19)13-28(21)25)16-7-8-23-24(10-16)34-15-33-23/h1-2,5-8,10,17,21H,3-4,9,11-15H2. The van der Waals surface area contributed by atoms with Gasteiger partial charge in [0.05, 0.1) is 24.7 Å². The SMILES string of the molecule is O=C1C2Cc3c(n(-c4ccc5c(c4)OCO5)c4ccccc34)CN2C(=O)CN1CC1CCCO1. The molecule has 2 saturated heterocycles. The molecule has 7 rings (SSSR count). The molecule has 4 aliphatic heterocycles. The molecule has 2 fully saturated rings. The maximum absolute atomic E-state index is 13.5. The van der Waals surface area contributed by atoms with Crippen LogP contribution < -0.4 is 9.47 Å². The Bertz CT molecular complexity index is 1330. The average Bonchev–Trinajstić information content (AvgIpc) is 3.60. The maximum Gasteiger partial charge on any atom is 0.246 e. The van der Waals surface area contributed by atoms with Crippen molar-refractivity contribution in [2.24, 2.45) is 0 Å². The van der Waals surface area contributed by atoms with Gasteiger partial charge in [-0.2, -0.15) is 0 Å². The number of rotatable bonds is 3. The van der Waals surface area contributed by atoms with E-state index in [2.05, 4.69) is 16.7 Å². The number of aromatic nitrogens is 1. The van der Waals surface area contributed by atoms with Crippen LogP contribution in [0.5, 0.6) is 11.5 Å². The zero-order valence-electron chi connectivity index (χ0n) is 18.7. The first-order valence-electron chi connectivity index (χ1n) is 11.9. The molecule has 174 valence electrons. The molecule has 3 aromatic rings. The number of hydrogen-bond acceptors (Lipinski definition) is 5. The summed E-state index contributed by atoms with van der Waals surface area (Å²) in [6.07, 6.45) is 2.51. The van der Waals surface area contributed by atoms with Gasteiger partial charge in [-0.3, -0.25) is 9.59 Å². The zero-order valence-corrected chi connectivity index (χ0v) is 18.7. The molecule has 0 aliphatic carbocycles. The summed E-state index contributed by atoms with van der Waals surface area (Å²) in [5.74, 6) is 1.47. The molecular formula is C26H25N3O5. The highest BCUT2D eigenvalue weighted by molar-refractivity contribution is 5.97. The van der Waals surface area contributed by atoms with Gasteiger partial charge in [0.15, 0.2) is 11.5 Å². The normalized spacial score (nSPS) is 23.5. The lowest BCUT2D eigenvalue weighted by Crippen LogP contribution is -2.62. The van der Waals surface area contributed by atoms with Gasteiger partial charge < -0.3 is 28.6 Å². The first-order valence-corrected chi connectivity index (χ1v) is 11.9. The van der Waals surface area contributed by atoms with E-state index in [4.69, 9.17) is 14.2 Å². The molecule has 5 heterocycles. The molecule has 2 unspecified atom stereocenters. The zero-order chi connectivity index (χ0) is 22.8. The molecule has 8 nitrogen and oxygen atoms in total. The van der Waals surface area contributed by atoms with Gasteiger partial charge in [-0.15, -0.1) is 0 Å². The molecule has 8 heteroatoms. The molecule has 2 amide bonds. The first-order chi connectivity index (χ1) is 16.7. The number of carbonyl (C=O) groups is 2. The monoisotopic (exact) mass is 459 g/mol. The van der Waals surface area contributed by atoms with Crippen LogP contribution in [-0.2, 0) is 27.3 Å². The van der Waals surface area contributed by atoms with Gasteiger partial charge in [0.1, 0.15) is 6.04 Å². The van der Waals surface area contributed by atoms with Gasteiger partial charge in [-0.25, -0.2) is 0 Å². The minimum absolute atomic E-state index is 0.00394. The lowest BCUT2D eigenvalue weighted by Gasteiger charge is -2.43. The van der Waals surface area contributed by atoms with Crippen LogP contribution >= 0.6 is 0 Å². The number of carbonyl (C=O) groups excluding carboxylic acids is 2. The molecule has 34 heavy (non-hydrogen) atoms. The Kier molecular flexibility index (Phi) is 4.39. The lowest BCUT2D eigenvalue weighted by molar-refractivity contribution is -0.158. The Morgan fingerprint density at radius 1 is 1.00 bits per heavy atom. The molecule has 1 aromatic heterocycles. The van der Waals surface area contributed by atoms with Crippen LogP contribution in [0.25, 0.3) is 16.6 Å². The van der Waals surface area contributed by atoms with Crippen molar-refractivity contribution in [3.8, 4) is 17.2 Å². The number of benzene rings is 2. The Balaban J connectivity index is 1.30. The van der Waals surface area contributed by atoms with Crippen molar-refractivity contribution in [3.63, 3.8) is 0 Å². The van der Waals surface area contributed by atoms with Gasteiger partial charge in [0, 0.05) is 42.4 Å². The van der Waals surface area contributed by atoms with Gasteiger partial charge in [0.25, 0.3) is 0 Å². The molecule has 0 N–H and O–H groups in total. The number of hydrogen-bond donors (Lipinski definition) is 0. The number of piperazine rings is 1. The summed E-state index contributed by atoms with van der Waals surface area (Å²) in [5.41, 5.74) is 4.19. The fraction of sp³-hybridized carbons (Fsp3) is 0.385. The van der Waals surface area contributed by atoms with E-state index >= 15 is 0 Å². The Hall–Kier alpha value is -3.52. The van der Waals surface area contributed by atoms with Gasteiger partial charge in [-0.1, -0.05) is 18.2 Å². The van der Waals surface area contributed by atoms with Crippen molar-refractivity contribution < 1.29 is 23.8 Å². The maximum atomic E-state index is 13.5. The Morgan fingerprint density at radius 3 is 2.76 bits per heavy atom. The summed E-state index contributed by atoms with van der Waals surface area (Å²) < 4.78 is 19.0. The van der Waals surface area contributed by atoms with Crippen LogP contribution in [0.1, 0.15) is 24.1 Å². The number of ether oxygens (including phenoxy) is 3. The van der Waals surface area contributed by atoms with Crippen LogP contribution in [0.15, 0.2) is 42.5 Å². The van der Waals surface area contributed by atoms with Crippen molar-refractivity contribution >= 4 is 22.7 Å². The molecule has 0 saturated carbocycles. The topological polar surface area (TPSA) is 73.2 Å². The fourth-order valence-corrected chi connectivity index (χ4v) is 5.86. The third-order valence-electron chi connectivity index (χ3n) is 7.49. The lowest BCUT2D eigenvalue weighted by atomic mass is 9.93. The molecule has 0 spiro atoms. The Morgan fingerprint density at radius 2 is 1.88 bits per heavy atom. The van der Waals surface area contributed by atoms with Crippen molar-refractivity contribution in [3.05, 3.63) is 53.7 Å². The van der Waals surface area contributed by atoms with Crippen LogP contribution in [0.3, 0.4) is 0 Å². The van der Waals surface area contributed by atoms with E-state index in [0.29, 0.717) is 25.3 Å². The largest absolute Gasteiger partial charge is 0.454 e. The molecule has 2 aromatic carbocycles. The smallest absolute Gasteiger partial charge is 0.246 e. The summed E-state index contributed by atoms with van der Waals surface area (Å²) >= 11 is 0. The van der Waals surface area contributed by atoms with Crippen LogP contribution in [0.4, 0.5) is 0 Å². The van der Waals surface area contributed by atoms with Gasteiger partial charge in [0.2, 0.25) is 18.6 Å². The van der Waals surface area contributed by atoms with E-state index in [9.17, 15) is 9.59 Å². The second-order valence-corrected chi connectivity index (χ2v) is 9.41. The first kappa shape index (κ1) is 19.9. The number of para-hydroxylation sites is 1. The fourth-order valence-electron chi connectivity index (χ4n) is 5.86. The van der Waals surface area contributed by atoms with Gasteiger partial charge in [-0.05, 0) is 36.6 Å². The molecule has 0 bridgehead atoms. The number of nitrogens with zero attached hydrogens (tertiary/aromatic N) is 3. The minimum atomic E-state index is -0.467. The van der Waals surface area contributed by atoms with Crippen LogP contribution in [0.2, 0.25) is 0 Å². The van der Waals surface area contributed by atoms with Crippen molar-refractivity contribution in [1.82, 2.24) is 14.4 Å². The third-order valence-corrected chi connectivity index (χ3v) is 7.49. The quantitative estimate of drug-likeness (QED) is 0.602. The van der Waals surface area contributed by atoms with Crippen molar-refractivity contribution in [1.29, 1.82) is 0 Å². The van der Waals surface area contributed by atoms with Crippen molar-refractivity contribution in [2.45, 2.75) is 38.0 Å². The predicted octanol–water partition coefficient (Wildman–Crippen LogP) is 2.63. The van der Waals surface area contributed by atoms with Crippen LogP contribution in [0, 0.1) is 0 Å². The molecule has 4 aliphatic rings. The minimum Gasteiger partial charge on any atom is -0.454 e. The second-order valence-electron chi connectivity index (χ2n) is 9.41. The highest BCUT2D eigenvalue weighted by atomic mass is 16.7. The van der Waals surface area contributed by atoms with E-state index in [1.807, 2.05) is 30.3 Å². The second kappa shape index (κ2) is 7.50. The van der Waals surface area contributed by atoms with E-state index in [0.717, 1.165) is 53.0 Å². The molecule has 0 radical (unpaired) electrons. The third kappa shape index (κ3) is 2.94.